The molecule has 4 rings (SSSR count). The van der Waals surface area contributed by atoms with E-state index in [0.29, 0.717) is 48.3 Å². The van der Waals surface area contributed by atoms with Crippen molar-refractivity contribution in [1.82, 2.24) is 10.2 Å². The molecule has 0 atom stereocenters. The van der Waals surface area contributed by atoms with Crippen LogP contribution in [0.4, 0.5) is 24.7 Å². The van der Waals surface area contributed by atoms with Crippen LogP contribution in [0.1, 0.15) is 22.4 Å². The summed E-state index contributed by atoms with van der Waals surface area (Å²) in [7, 11) is 0. The summed E-state index contributed by atoms with van der Waals surface area (Å²) < 4.78 is 39.1. The van der Waals surface area contributed by atoms with E-state index in [9.17, 15) is 13.2 Å². The van der Waals surface area contributed by atoms with E-state index in [1.54, 1.807) is 24.3 Å². The van der Waals surface area contributed by atoms with Gasteiger partial charge in [-0.2, -0.15) is 18.3 Å². The van der Waals surface area contributed by atoms with Gasteiger partial charge in [0.1, 0.15) is 0 Å². The number of rotatable bonds is 4. The molecule has 2 heterocycles. The molecule has 0 saturated carbocycles. The molecule has 0 radical (unpaired) electrons. The summed E-state index contributed by atoms with van der Waals surface area (Å²) in [6.45, 7) is 4.31. The number of aromatic nitrogens is 2. The molecule has 1 aromatic heterocycles. The first-order valence-electron chi connectivity index (χ1n) is 10.2. The summed E-state index contributed by atoms with van der Waals surface area (Å²) in [6, 6.07) is 12.9. The Morgan fingerprint density at radius 3 is 2.16 bits per heavy atom. The van der Waals surface area contributed by atoms with Crippen molar-refractivity contribution in [3.8, 4) is 0 Å². The summed E-state index contributed by atoms with van der Waals surface area (Å²) in [4.78, 5) is 4.05. The van der Waals surface area contributed by atoms with Gasteiger partial charge in [0.05, 0.1) is 11.3 Å². The lowest BCUT2D eigenvalue weighted by Crippen LogP contribution is -2.47. The lowest BCUT2D eigenvalue weighted by atomic mass is 10.0. The summed E-state index contributed by atoms with van der Waals surface area (Å²) >= 11 is 12.7. The number of hydrogen-bond acceptors (Lipinski definition) is 4. The number of anilines is 2. The lowest BCUT2D eigenvalue weighted by molar-refractivity contribution is -0.137. The van der Waals surface area contributed by atoms with E-state index in [2.05, 4.69) is 15.1 Å². The standard InChI is InChI=1S/C23H21Cl2F3N4/c1-15-16(12-19-20(24)6-3-7-21(19)25)13-22(30-29-15)32-10-8-31(9-11-32)18-5-2-4-17(14-18)23(26,27)28/h2-7,13-14H,8-12H2,1H3. The maximum absolute atomic E-state index is 13.0. The SMILES string of the molecule is Cc1nnc(N2CCN(c3cccc(C(F)(F)F)c3)CC2)cc1Cc1c(Cl)cccc1Cl. The Balaban J connectivity index is 1.48. The largest absolute Gasteiger partial charge is 0.416 e. The zero-order chi connectivity index (χ0) is 22.9. The highest BCUT2D eigenvalue weighted by Gasteiger charge is 2.31. The molecule has 0 N–H and O–H groups in total. The van der Waals surface area contributed by atoms with E-state index >= 15 is 0 Å². The maximum atomic E-state index is 13.0. The van der Waals surface area contributed by atoms with E-state index in [0.717, 1.165) is 28.7 Å². The third-order valence-electron chi connectivity index (χ3n) is 5.64. The van der Waals surface area contributed by atoms with Crippen molar-refractivity contribution in [3.63, 3.8) is 0 Å². The Hall–Kier alpha value is -2.51. The molecule has 2 aromatic carbocycles. The topological polar surface area (TPSA) is 32.3 Å². The Morgan fingerprint density at radius 2 is 1.50 bits per heavy atom. The van der Waals surface area contributed by atoms with Gasteiger partial charge in [-0.3, -0.25) is 0 Å². The van der Waals surface area contributed by atoms with Gasteiger partial charge in [-0.15, -0.1) is 5.10 Å². The third kappa shape index (κ3) is 4.94. The van der Waals surface area contributed by atoms with Crippen LogP contribution in [0.3, 0.4) is 0 Å². The fourth-order valence-corrected chi connectivity index (χ4v) is 4.31. The van der Waals surface area contributed by atoms with Crippen molar-refractivity contribution in [2.45, 2.75) is 19.5 Å². The highest BCUT2D eigenvalue weighted by atomic mass is 35.5. The van der Waals surface area contributed by atoms with Crippen molar-refractivity contribution in [2.24, 2.45) is 0 Å². The van der Waals surface area contributed by atoms with Crippen LogP contribution in [0.5, 0.6) is 0 Å². The summed E-state index contributed by atoms with van der Waals surface area (Å²) in [5.41, 5.74) is 2.55. The van der Waals surface area contributed by atoms with Gasteiger partial charge in [0.2, 0.25) is 0 Å². The van der Waals surface area contributed by atoms with E-state index in [1.165, 1.54) is 12.1 Å². The zero-order valence-electron chi connectivity index (χ0n) is 17.3. The first kappa shape index (κ1) is 22.7. The summed E-state index contributed by atoms with van der Waals surface area (Å²) in [5.74, 6) is 0.734. The number of alkyl halides is 3. The molecule has 9 heteroatoms. The maximum Gasteiger partial charge on any atom is 0.416 e. The van der Waals surface area contributed by atoms with Gasteiger partial charge in [0.15, 0.2) is 5.82 Å². The molecule has 3 aromatic rings. The molecule has 4 nitrogen and oxygen atoms in total. The van der Waals surface area contributed by atoms with Gasteiger partial charge in [-0.1, -0.05) is 35.3 Å². The second-order valence-corrected chi connectivity index (χ2v) is 8.53. The molecule has 1 aliphatic heterocycles. The minimum Gasteiger partial charge on any atom is -0.368 e. The molecule has 0 spiro atoms. The molecule has 168 valence electrons. The van der Waals surface area contributed by atoms with Gasteiger partial charge in [-0.25, -0.2) is 0 Å². The molecular formula is C23H21Cl2F3N4. The van der Waals surface area contributed by atoms with Crippen molar-refractivity contribution >= 4 is 34.7 Å². The average Bonchev–Trinajstić information content (AvgIpc) is 2.77. The fraction of sp³-hybridized carbons (Fsp3) is 0.304. The van der Waals surface area contributed by atoms with Crippen molar-refractivity contribution in [2.75, 3.05) is 36.0 Å². The minimum atomic E-state index is -4.35. The normalized spacial score (nSPS) is 14.7. The van der Waals surface area contributed by atoms with Crippen LogP contribution in [0, 0.1) is 6.92 Å². The molecule has 1 saturated heterocycles. The van der Waals surface area contributed by atoms with E-state index < -0.39 is 11.7 Å². The van der Waals surface area contributed by atoms with Crippen LogP contribution >= 0.6 is 23.2 Å². The molecule has 1 fully saturated rings. The van der Waals surface area contributed by atoms with Crippen LogP contribution < -0.4 is 9.80 Å². The monoisotopic (exact) mass is 480 g/mol. The number of hydrogen-bond donors (Lipinski definition) is 0. The van der Waals surface area contributed by atoms with Gasteiger partial charge in [0, 0.05) is 48.3 Å². The molecular weight excluding hydrogens is 460 g/mol. The van der Waals surface area contributed by atoms with Crippen LogP contribution in [0.15, 0.2) is 48.5 Å². The Morgan fingerprint density at radius 1 is 0.875 bits per heavy atom. The highest BCUT2D eigenvalue weighted by molar-refractivity contribution is 6.36. The first-order valence-corrected chi connectivity index (χ1v) is 10.9. The predicted molar refractivity (Wildman–Crippen MR) is 122 cm³/mol. The molecule has 0 amide bonds. The van der Waals surface area contributed by atoms with Crippen LogP contribution in [-0.2, 0) is 12.6 Å². The fourth-order valence-electron chi connectivity index (χ4n) is 3.78. The van der Waals surface area contributed by atoms with E-state index in [-0.39, 0.29) is 0 Å². The second kappa shape index (κ2) is 9.16. The van der Waals surface area contributed by atoms with Crippen LogP contribution in [0.25, 0.3) is 0 Å². The Labute approximate surface area is 194 Å². The number of piperazine rings is 1. The van der Waals surface area contributed by atoms with Crippen molar-refractivity contribution in [1.29, 1.82) is 0 Å². The predicted octanol–water partition coefficient (Wildman–Crippen LogP) is 6.03. The average molecular weight is 481 g/mol. The van der Waals surface area contributed by atoms with Crippen molar-refractivity contribution in [3.05, 3.63) is 81.0 Å². The van der Waals surface area contributed by atoms with Crippen molar-refractivity contribution < 1.29 is 13.2 Å². The minimum absolute atomic E-state index is 0.539. The zero-order valence-corrected chi connectivity index (χ0v) is 18.8. The van der Waals surface area contributed by atoms with Gasteiger partial charge >= 0.3 is 6.18 Å². The summed E-state index contributed by atoms with van der Waals surface area (Å²) in [5, 5.41) is 9.85. The third-order valence-corrected chi connectivity index (χ3v) is 6.35. The number of aryl methyl sites for hydroxylation is 1. The summed E-state index contributed by atoms with van der Waals surface area (Å²) in [6.07, 6.45) is -3.81. The molecule has 0 unspecified atom stereocenters. The Kier molecular flexibility index (Phi) is 6.49. The Bertz CT molecular complexity index is 1090. The van der Waals surface area contributed by atoms with Crippen LogP contribution in [-0.4, -0.2) is 36.4 Å². The van der Waals surface area contributed by atoms with Crippen LogP contribution in [0.2, 0.25) is 10.0 Å². The number of halogens is 5. The van der Waals surface area contributed by atoms with E-state index in [1.807, 2.05) is 17.9 Å². The number of benzene rings is 2. The van der Waals surface area contributed by atoms with Gasteiger partial charge in [-0.05, 0) is 54.4 Å². The smallest absolute Gasteiger partial charge is 0.368 e. The quantitative estimate of drug-likeness (QED) is 0.456. The van der Waals surface area contributed by atoms with E-state index in [4.69, 9.17) is 23.2 Å². The second-order valence-electron chi connectivity index (χ2n) is 7.71. The van der Waals surface area contributed by atoms with Gasteiger partial charge < -0.3 is 9.80 Å². The molecule has 1 aliphatic rings. The molecule has 32 heavy (non-hydrogen) atoms. The van der Waals surface area contributed by atoms with Gasteiger partial charge in [0.25, 0.3) is 0 Å². The molecule has 0 aliphatic carbocycles. The number of nitrogens with zero attached hydrogens (tertiary/aromatic N) is 4. The highest BCUT2D eigenvalue weighted by Crippen LogP contribution is 2.32. The lowest BCUT2D eigenvalue weighted by Gasteiger charge is -2.36. The molecule has 0 bridgehead atoms. The first-order chi connectivity index (χ1) is 15.2.